The molecule has 1 unspecified atom stereocenters. The van der Waals surface area contributed by atoms with E-state index < -0.39 is 0 Å². The van der Waals surface area contributed by atoms with Crippen LogP contribution < -0.4 is 10.6 Å². The summed E-state index contributed by atoms with van der Waals surface area (Å²) in [6, 6.07) is 1.79. The number of nitrogens with two attached hydrogens (primary N) is 1. The van der Waals surface area contributed by atoms with E-state index in [1.165, 1.54) is 19.3 Å². The van der Waals surface area contributed by atoms with Crippen molar-refractivity contribution in [2.24, 2.45) is 11.3 Å². The Hall–Kier alpha value is -0.960. The average molecular weight is 282 g/mol. The number of pyridine rings is 1. The van der Waals surface area contributed by atoms with E-state index in [2.05, 4.69) is 30.7 Å². The van der Waals surface area contributed by atoms with E-state index >= 15 is 0 Å². The van der Waals surface area contributed by atoms with Gasteiger partial charge in [-0.25, -0.2) is 4.98 Å². The maximum absolute atomic E-state index is 6.26. The second-order valence-electron chi connectivity index (χ2n) is 6.55. The van der Waals surface area contributed by atoms with Crippen LogP contribution in [0.2, 0.25) is 5.02 Å². The quantitative estimate of drug-likeness (QED) is 0.847. The third-order valence-electron chi connectivity index (χ3n) is 4.10. The number of hydrogen-bond donors (Lipinski definition) is 1. The Morgan fingerprint density at radius 2 is 2.05 bits per heavy atom. The SMILES string of the molecule is CC(C)(C)C1CCCN(c2ncc(N)cc2Cl)CC1. The Balaban J connectivity index is 2.11. The first-order chi connectivity index (χ1) is 8.88. The van der Waals surface area contributed by atoms with Gasteiger partial charge in [0, 0.05) is 13.1 Å². The predicted octanol–water partition coefficient (Wildman–Crippen LogP) is 3.97. The van der Waals surface area contributed by atoms with Crippen molar-refractivity contribution in [1.82, 2.24) is 4.98 Å². The van der Waals surface area contributed by atoms with Gasteiger partial charge in [0.1, 0.15) is 5.82 Å². The Labute approximate surface area is 121 Å². The monoisotopic (exact) mass is 281 g/mol. The maximum Gasteiger partial charge on any atom is 0.147 e. The van der Waals surface area contributed by atoms with E-state index in [0.717, 1.165) is 24.8 Å². The van der Waals surface area contributed by atoms with Crippen molar-refractivity contribution < 1.29 is 0 Å². The van der Waals surface area contributed by atoms with Gasteiger partial charge in [0.05, 0.1) is 16.9 Å². The molecular weight excluding hydrogens is 258 g/mol. The van der Waals surface area contributed by atoms with Gasteiger partial charge in [0.2, 0.25) is 0 Å². The van der Waals surface area contributed by atoms with Gasteiger partial charge in [0.25, 0.3) is 0 Å². The van der Waals surface area contributed by atoms with E-state index in [0.29, 0.717) is 16.1 Å². The van der Waals surface area contributed by atoms with Gasteiger partial charge < -0.3 is 10.6 Å². The van der Waals surface area contributed by atoms with Gasteiger partial charge in [0.15, 0.2) is 0 Å². The van der Waals surface area contributed by atoms with Crippen LogP contribution >= 0.6 is 11.6 Å². The fourth-order valence-electron chi connectivity index (χ4n) is 2.85. The summed E-state index contributed by atoms with van der Waals surface area (Å²) in [4.78, 5) is 6.70. The average Bonchev–Trinajstić information content (AvgIpc) is 2.54. The number of anilines is 2. The van der Waals surface area contributed by atoms with Crippen molar-refractivity contribution in [1.29, 1.82) is 0 Å². The number of aromatic nitrogens is 1. The summed E-state index contributed by atoms with van der Waals surface area (Å²) in [5, 5.41) is 0.661. The highest BCUT2D eigenvalue weighted by atomic mass is 35.5. The van der Waals surface area contributed by atoms with Crippen LogP contribution in [0.1, 0.15) is 40.0 Å². The Kier molecular flexibility index (Phi) is 4.24. The van der Waals surface area contributed by atoms with Gasteiger partial charge in [-0.1, -0.05) is 32.4 Å². The minimum Gasteiger partial charge on any atom is -0.397 e. The molecule has 2 rings (SSSR count). The third-order valence-corrected chi connectivity index (χ3v) is 4.37. The standard InChI is InChI=1S/C15H24ClN3/c1-15(2,3)11-5-4-7-19(8-6-11)14-13(16)9-12(17)10-18-14/h9-11H,4-8,17H2,1-3H3. The van der Waals surface area contributed by atoms with E-state index in [9.17, 15) is 0 Å². The zero-order valence-corrected chi connectivity index (χ0v) is 12.9. The lowest BCUT2D eigenvalue weighted by molar-refractivity contribution is 0.220. The second-order valence-corrected chi connectivity index (χ2v) is 6.96. The summed E-state index contributed by atoms with van der Waals surface area (Å²) >= 11 is 6.26. The summed E-state index contributed by atoms with van der Waals surface area (Å²) in [5.74, 6) is 1.65. The number of nitrogen functional groups attached to an aromatic ring is 1. The molecular formula is C15H24ClN3. The largest absolute Gasteiger partial charge is 0.397 e. The first-order valence-corrected chi connectivity index (χ1v) is 7.41. The normalized spacial score (nSPS) is 21.3. The summed E-state index contributed by atoms with van der Waals surface area (Å²) < 4.78 is 0. The summed E-state index contributed by atoms with van der Waals surface area (Å²) in [6.07, 6.45) is 5.37. The Bertz CT molecular complexity index is 440. The van der Waals surface area contributed by atoms with E-state index in [4.69, 9.17) is 17.3 Å². The molecule has 106 valence electrons. The highest BCUT2D eigenvalue weighted by Gasteiger charge is 2.27. The molecule has 1 aromatic heterocycles. The Morgan fingerprint density at radius 3 is 2.68 bits per heavy atom. The molecule has 0 radical (unpaired) electrons. The molecule has 0 saturated carbocycles. The van der Waals surface area contributed by atoms with Gasteiger partial charge in [-0.05, 0) is 36.7 Å². The number of halogens is 1. The van der Waals surface area contributed by atoms with Gasteiger partial charge >= 0.3 is 0 Å². The molecule has 19 heavy (non-hydrogen) atoms. The topological polar surface area (TPSA) is 42.2 Å². The van der Waals surface area contributed by atoms with Crippen LogP contribution in [0.5, 0.6) is 0 Å². The fraction of sp³-hybridized carbons (Fsp3) is 0.667. The second kappa shape index (κ2) is 5.58. The summed E-state index contributed by atoms with van der Waals surface area (Å²) in [7, 11) is 0. The van der Waals surface area contributed by atoms with Gasteiger partial charge in [-0.15, -0.1) is 0 Å². The molecule has 1 saturated heterocycles. The van der Waals surface area contributed by atoms with Gasteiger partial charge in [-0.3, -0.25) is 0 Å². The molecule has 0 spiro atoms. The fourth-order valence-corrected chi connectivity index (χ4v) is 3.15. The van der Waals surface area contributed by atoms with Crippen molar-refractivity contribution in [2.45, 2.75) is 40.0 Å². The molecule has 3 nitrogen and oxygen atoms in total. The first-order valence-electron chi connectivity index (χ1n) is 7.04. The molecule has 0 aliphatic carbocycles. The van der Waals surface area contributed by atoms with Crippen LogP contribution in [0.15, 0.2) is 12.3 Å². The molecule has 1 aliphatic heterocycles. The highest BCUT2D eigenvalue weighted by Crippen LogP contribution is 2.36. The van der Waals surface area contributed by atoms with Crippen LogP contribution in [0, 0.1) is 11.3 Å². The number of hydrogen-bond acceptors (Lipinski definition) is 3. The molecule has 1 fully saturated rings. The molecule has 1 aliphatic rings. The van der Waals surface area contributed by atoms with Gasteiger partial charge in [-0.2, -0.15) is 0 Å². The van der Waals surface area contributed by atoms with Crippen molar-refractivity contribution in [3.63, 3.8) is 0 Å². The molecule has 4 heteroatoms. The van der Waals surface area contributed by atoms with Crippen molar-refractivity contribution in [3.05, 3.63) is 17.3 Å². The van der Waals surface area contributed by atoms with E-state index in [1.807, 2.05) is 0 Å². The smallest absolute Gasteiger partial charge is 0.147 e. The highest BCUT2D eigenvalue weighted by molar-refractivity contribution is 6.33. The molecule has 1 atom stereocenters. The van der Waals surface area contributed by atoms with Crippen LogP contribution in [-0.4, -0.2) is 18.1 Å². The maximum atomic E-state index is 6.26. The van der Waals surface area contributed by atoms with Crippen LogP contribution in [0.25, 0.3) is 0 Å². The van der Waals surface area contributed by atoms with Crippen molar-refractivity contribution in [2.75, 3.05) is 23.7 Å². The molecule has 2 N–H and O–H groups in total. The van der Waals surface area contributed by atoms with E-state index in [1.54, 1.807) is 12.3 Å². The summed E-state index contributed by atoms with van der Waals surface area (Å²) in [6.45, 7) is 9.06. The van der Waals surface area contributed by atoms with Crippen LogP contribution in [0.3, 0.4) is 0 Å². The minimum atomic E-state index is 0.383. The number of nitrogens with zero attached hydrogens (tertiary/aromatic N) is 2. The lowest BCUT2D eigenvalue weighted by Crippen LogP contribution is -2.27. The predicted molar refractivity (Wildman–Crippen MR) is 82.7 cm³/mol. The molecule has 0 bridgehead atoms. The van der Waals surface area contributed by atoms with E-state index in [-0.39, 0.29) is 0 Å². The lowest BCUT2D eigenvalue weighted by atomic mass is 9.77. The third kappa shape index (κ3) is 3.53. The van der Waals surface area contributed by atoms with Crippen LogP contribution in [0.4, 0.5) is 11.5 Å². The van der Waals surface area contributed by atoms with Crippen molar-refractivity contribution in [3.8, 4) is 0 Å². The molecule has 1 aromatic rings. The minimum absolute atomic E-state index is 0.383. The lowest BCUT2D eigenvalue weighted by Gasteiger charge is -2.30. The zero-order chi connectivity index (χ0) is 14.0. The molecule has 0 aromatic carbocycles. The molecule has 0 amide bonds. The van der Waals surface area contributed by atoms with Crippen LogP contribution in [-0.2, 0) is 0 Å². The first kappa shape index (κ1) is 14.4. The van der Waals surface area contributed by atoms with Crippen molar-refractivity contribution >= 4 is 23.1 Å². The molecule has 2 heterocycles. The Morgan fingerprint density at radius 1 is 1.32 bits per heavy atom. The summed E-state index contributed by atoms with van der Waals surface area (Å²) in [5.41, 5.74) is 6.71. The number of rotatable bonds is 1. The zero-order valence-electron chi connectivity index (χ0n) is 12.1.